The van der Waals surface area contributed by atoms with E-state index in [1.165, 1.54) is 6.07 Å². The molecule has 0 aliphatic carbocycles. The van der Waals surface area contributed by atoms with Gasteiger partial charge in [-0.3, -0.25) is 0 Å². The van der Waals surface area contributed by atoms with E-state index in [0.717, 1.165) is 22.6 Å². The van der Waals surface area contributed by atoms with E-state index in [0.29, 0.717) is 15.8 Å². The van der Waals surface area contributed by atoms with Crippen molar-refractivity contribution in [1.29, 1.82) is 0 Å². The Bertz CT molecular complexity index is 706. The van der Waals surface area contributed by atoms with Gasteiger partial charge in [0.2, 0.25) is 0 Å². The van der Waals surface area contributed by atoms with E-state index in [2.05, 4.69) is 25.9 Å². The number of hydrogen-bond acceptors (Lipinski definition) is 2. The van der Waals surface area contributed by atoms with Crippen molar-refractivity contribution in [3.8, 4) is 11.4 Å². The lowest BCUT2D eigenvalue weighted by Crippen LogP contribution is -1.78. The highest BCUT2D eigenvalue weighted by molar-refractivity contribution is 9.10. The van der Waals surface area contributed by atoms with Crippen molar-refractivity contribution in [2.45, 2.75) is 13.8 Å². The summed E-state index contributed by atoms with van der Waals surface area (Å²) in [7, 11) is 0. The Morgan fingerprint density at radius 3 is 2.72 bits per heavy atom. The second kappa shape index (κ2) is 3.95. The maximum atomic E-state index is 13.4. The quantitative estimate of drug-likeness (QED) is 0.726. The molecule has 1 N–H and O–H groups in total. The lowest BCUT2D eigenvalue weighted by atomic mass is 10.2. The minimum absolute atomic E-state index is 0.308. The van der Waals surface area contributed by atoms with E-state index in [-0.39, 0.29) is 5.82 Å². The van der Waals surface area contributed by atoms with E-state index in [1.54, 1.807) is 6.07 Å². The highest BCUT2D eigenvalue weighted by Gasteiger charge is 2.13. The fourth-order valence-corrected chi connectivity index (χ4v) is 2.33. The Labute approximate surface area is 111 Å². The van der Waals surface area contributed by atoms with Crippen LogP contribution in [0.15, 0.2) is 27.1 Å². The number of hydrogen-bond donors (Lipinski definition) is 1. The second-order valence-corrected chi connectivity index (χ2v) is 5.05. The predicted octanol–water partition coefficient (Wildman–Crippen LogP) is 4.34. The Morgan fingerprint density at radius 1 is 1.28 bits per heavy atom. The number of aromatic nitrogens is 2. The fraction of sp³-hybridized carbons (Fsp3) is 0.154. The highest BCUT2D eigenvalue weighted by Crippen LogP contribution is 2.28. The molecule has 0 aliphatic rings. The molecular formula is C13H10BrFN2O. The molecule has 2 aromatic heterocycles. The number of nitrogens with zero attached hydrogens (tertiary/aromatic N) is 1. The first-order chi connectivity index (χ1) is 8.54. The third-order valence-corrected chi connectivity index (χ3v) is 3.43. The molecule has 1 aromatic carbocycles. The van der Waals surface area contributed by atoms with Gasteiger partial charge in [-0.2, -0.15) is 0 Å². The predicted molar refractivity (Wildman–Crippen MR) is 70.9 cm³/mol. The number of benzene rings is 1. The third-order valence-electron chi connectivity index (χ3n) is 2.82. The van der Waals surface area contributed by atoms with Crippen LogP contribution in [0.5, 0.6) is 0 Å². The van der Waals surface area contributed by atoms with Gasteiger partial charge >= 0.3 is 0 Å². The number of rotatable bonds is 1. The molecule has 3 aromatic rings. The average molecular weight is 309 g/mol. The first-order valence-corrected chi connectivity index (χ1v) is 6.26. The molecule has 0 saturated heterocycles. The topological polar surface area (TPSA) is 41.8 Å². The van der Waals surface area contributed by atoms with Crippen LogP contribution in [-0.4, -0.2) is 9.97 Å². The van der Waals surface area contributed by atoms with E-state index in [1.807, 2.05) is 19.9 Å². The van der Waals surface area contributed by atoms with Crippen molar-refractivity contribution in [3.63, 3.8) is 0 Å². The van der Waals surface area contributed by atoms with Crippen molar-refractivity contribution in [1.82, 2.24) is 9.97 Å². The Kier molecular flexibility index (Phi) is 2.52. The summed E-state index contributed by atoms with van der Waals surface area (Å²) in [6, 6.07) is 5.00. The molecule has 0 atom stereocenters. The molecule has 0 bridgehead atoms. The van der Waals surface area contributed by atoms with Crippen molar-refractivity contribution >= 4 is 27.0 Å². The Hall–Kier alpha value is -1.62. The lowest BCUT2D eigenvalue weighted by molar-refractivity contribution is 0.505. The number of aromatic amines is 1. The molecule has 18 heavy (non-hydrogen) atoms. The standard InChI is InChI=1S/C13H10BrFN2O/c1-6-3-8(7(2)18-6)13-16-11-4-9(14)10(15)5-12(11)17-13/h3-5H,1-2H3,(H,16,17). The fourth-order valence-electron chi connectivity index (χ4n) is 2.00. The summed E-state index contributed by atoms with van der Waals surface area (Å²) in [4.78, 5) is 7.55. The molecule has 0 radical (unpaired) electrons. The maximum Gasteiger partial charge on any atom is 0.142 e. The van der Waals surface area contributed by atoms with Crippen molar-refractivity contribution in [3.05, 3.63) is 40.0 Å². The van der Waals surface area contributed by atoms with Gasteiger partial charge in [0.1, 0.15) is 23.2 Å². The number of imidazole rings is 1. The number of halogens is 2. The van der Waals surface area contributed by atoms with Crippen molar-refractivity contribution < 1.29 is 8.81 Å². The van der Waals surface area contributed by atoms with Gasteiger partial charge in [0, 0.05) is 6.07 Å². The van der Waals surface area contributed by atoms with E-state index >= 15 is 0 Å². The average Bonchev–Trinajstić information content (AvgIpc) is 2.82. The highest BCUT2D eigenvalue weighted by atomic mass is 79.9. The van der Waals surface area contributed by atoms with E-state index in [4.69, 9.17) is 4.42 Å². The molecule has 0 fully saturated rings. The molecule has 0 unspecified atom stereocenters. The summed E-state index contributed by atoms with van der Waals surface area (Å²) in [5.74, 6) is 2.01. The summed E-state index contributed by atoms with van der Waals surface area (Å²) in [6.07, 6.45) is 0. The van der Waals surface area contributed by atoms with Crippen LogP contribution in [0.3, 0.4) is 0 Å². The Balaban J connectivity index is 2.22. The van der Waals surface area contributed by atoms with Crippen LogP contribution in [0.2, 0.25) is 0 Å². The van der Waals surface area contributed by atoms with Gasteiger partial charge in [-0.15, -0.1) is 0 Å². The summed E-state index contributed by atoms with van der Waals surface area (Å²) >= 11 is 3.15. The number of nitrogens with one attached hydrogen (secondary N) is 1. The molecule has 3 nitrogen and oxygen atoms in total. The van der Waals surface area contributed by atoms with E-state index < -0.39 is 0 Å². The number of aryl methyl sites for hydroxylation is 2. The SMILES string of the molecule is Cc1cc(-c2nc3cc(Br)c(F)cc3[nH]2)c(C)o1. The van der Waals surface area contributed by atoms with Crippen LogP contribution < -0.4 is 0 Å². The second-order valence-electron chi connectivity index (χ2n) is 4.20. The van der Waals surface area contributed by atoms with Crippen LogP contribution >= 0.6 is 15.9 Å². The molecule has 0 spiro atoms. The van der Waals surface area contributed by atoms with Gasteiger partial charge in [-0.05, 0) is 41.9 Å². The smallest absolute Gasteiger partial charge is 0.142 e. The molecule has 0 saturated carbocycles. The van der Waals surface area contributed by atoms with Gasteiger partial charge in [-0.25, -0.2) is 9.37 Å². The molecular weight excluding hydrogens is 299 g/mol. The normalized spacial score (nSPS) is 11.3. The van der Waals surface area contributed by atoms with Gasteiger partial charge in [0.05, 0.1) is 21.1 Å². The largest absolute Gasteiger partial charge is 0.466 e. The maximum absolute atomic E-state index is 13.4. The minimum Gasteiger partial charge on any atom is -0.466 e. The third kappa shape index (κ3) is 1.75. The number of fused-ring (bicyclic) bond motifs is 1. The molecule has 5 heteroatoms. The van der Waals surface area contributed by atoms with Gasteiger partial charge < -0.3 is 9.40 Å². The first-order valence-electron chi connectivity index (χ1n) is 5.47. The van der Waals surface area contributed by atoms with Crippen LogP contribution in [0.1, 0.15) is 11.5 Å². The zero-order valence-electron chi connectivity index (χ0n) is 9.84. The molecule has 2 heterocycles. The van der Waals surface area contributed by atoms with Crippen LogP contribution in [0.25, 0.3) is 22.4 Å². The first kappa shape index (κ1) is 11.5. The number of furan rings is 1. The van der Waals surface area contributed by atoms with Crippen LogP contribution in [-0.2, 0) is 0 Å². The van der Waals surface area contributed by atoms with Crippen LogP contribution in [0, 0.1) is 19.7 Å². The molecule has 0 aliphatic heterocycles. The van der Waals surface area contributed by atoms with Gasteiger partial charge in [0.15, 0.2) is 0 Å². The molecule has 0 amide bonds. The summed E-state index contributed by atoms with van der Waals surface area (Å²) in [5, 5.41) is 0. The molecule has 92 valence electrons. The van der Waals surface area contributed by atoms with E-state index in [9.17, 15) is 4.39 Å². The Morgan fingerprint density at radius 2 is 2.06 bits per heavy atom. The number of H-pyrrole nitrogens is 1. The van der Waals surface area contributed by atoms with Crippen molar-refractivity contribution in [2.75, 3.05) is 0 Å². The van der Waals surface area contributed by atoms with Crippen LogP contribution in [0.4, 0.5) is 4.39 Å². The summed E-state index contributed by atoms with van der Waals surface area (Å²) in [6.45, 7) is 3.77. The monoisotopic (exact) mass is 308 g/mol. The minimum atomic E-state index is -0.308. The van der Waals surface area contributed by atoms with Gasteiger partial charge in [-0.1, -0.05) is 0 Å². The zero-order chi connectivity index (χ0) is 12.9. The zero-order valence-corrected chi connectivity index (χ0v) is 11.4. The lowest BCUT2D eigenvalue weighted by Gasteiger charge is -1.92. The van der Waals surface area contributed by atoms with Crippen molar-refractivity contribution in [2.24, 2.45) is 0 Å². The molecule has 3 rings (SSSR count). The summed E-state index contributed by atoms with van der Waals surface area (Å²) in [5.41, 5.74) is 2.29. The van der Waals surface area contributed by atoms with Gasteiger partial charge in [0.25, 0.3) is 0 Å². The summed E-state index contributed by atoms with van der Waals surface area (Å²) < 4.78 is 19.3.